The van der Waals surface area contributed by atoms with E-state index in [0.29, 0.717) is 6.42 Å². The van der Waals surface area contributed by atoms with Gasteiger partial charge in [0.25, 0.3) is 0 Å². The maximum atomic E-state index is 12.0. The number of carbonyl (C=O) groups is 1. The Kier molecular flexibility index (Phi) is 3.59. The molecular formula is C15H15IN2O. The van der Waals surface area contributed by atoms with Crippen LogP contribution in [0.1, 0.15) is 25.3 Å². The zero-order chi connectivity index (χ0) is 13.2. The number of hydrogen-bond acceptors (Lipinski definition) is 2. The molecule has 4 heteroatoms. The first-order chi connectivity index (χ1) is 9.26. The third-order valence-electron chi connectivity index (χ3n) is 3.29. The lowest BCUT2D eigenvalue weighted by molar-refractivity contribution is -0.115. The number of hydrogen-bond donors (Lipinski definition) is 1. The summed E-state index contributed by atoms with van der Waals surface area (Å²) in [4.78, 5) is 16.3. The van der Waals surface area contributed by atoms with E-state index in [1.165, 1.54) is 14.7 Å². The van der Waals surface area contributed by atoms with Crippen molar-refractivity contribution in [1.29, 1.82) is 0 Å². The Morgan fingerprint density at radius 1 is 1.37 bits per heavy atom. The number of anilines is 1. The van der Waals surface area contributed by atoms with Gasteiger partial charge in [-0.3, -0.25) is 4.79 Å². The van der Waals surface area contributed by atoms with E-state index in [0.717, 1.165) is 24.2 Å². The van der Waals surface area contributed by atoms with Gasteiger partial charge in [0.1, 0.15) is 5.82 Å². The molecule has 1 aromatic heterocycles. The molecule has 1 amide bonds. The van der Waals surface area contributed by atoms with Crippen molar-refractivity contribution in [3.63, 3.8) is 0 Å². The van der Waals surface area contributed by atoms with E-state index in [2.05, 4.69) is 27.3 Å². The van der Waals surface area contributed by atoms with Gasteiger partial charge in [-0.1, -0.05) is 33.7 Å². The summed E-state index contributed by atoms with van der Waals surface area (Å²) in [6.07, 6.45) is 6.42. The maximum absolute atomic E-state index is 12.0. The van der Waals surface area contributed by atoms with E-state index >= 15 is 0 Å². The van der Waals surface area contributed by atoms with Gasteiger partial charge in [-0.2, -0.15) is 0 Å². The number of aromatic nitrogens is 1. The fourth-order valence-electron chi connectivity index (χ4n) is 2.26. The highest BCUT2D eigenvalue weighted by Gasteiger charge is 2.18. The number of nitrogens with one attached hydrogen (secondary N) is 1. The first-order valence-corrected chi connectivity index (χ1v) is 8.71. The fourth-order valence-corrected chi connectivity index (χ4v) is 4.66. The van der Waals surface area contributed by atoms with Crippen LogP contribution in [0.2, 0.25) is 0 Å². The topological polar surface area (TPSA) is 42.0 Å². The van der Waals surface area contributed by atoms with Gasteiger partial charge < -0.3 is 5.32 Å². The number of carbonyl (C=O) groups excluding carboxylic acids is 1. The number of allylic oxidation sites excluding steroid dienone is 3. The number of pyridine rings is 1. The Bertz CT molecular complexity index is 629. The van der Waals surface area contributed by atoms with Crippen LogP contribution in [0, 0.1) is 0 Å². The molecule has 1 N–H and O–H groups in total. The van der Waals surface area contributed by atoms with Gasteiger partial charge in [0.2, 0.25) is 5.91 Å². The largest absolute Gasteiger partial charge is 0.310 e. The van der Waals surface area contributed by atoms with E-state index in [1.54, 1.807) is 6.20 Å². The van der Waals surface area contributed by atoms with Crippen LogP contribution in [0.25, 0.3) is 0 Å². The van der Waals surface area contributed by atoms with Crippen molar-refractivity contribution >= 4 is 36.5 Å². The molecule has 3 heterocycles. The minimum Gasteiger partial charge on any atom is -0.310 e. The summed E-state index contributed by atoms with van der Waals surface area (Å²) in [6.45, 7) is 2.19. The minimum atomic E-state index is 0.00267. The Morgan fingerprint density at radius 3 is 3.11 bits per heavy atom. The highest BCUT2D eigenvalue weighted by atomic mass is 127. The molecule has 0 atom stereocenters. The van der Waals surface area contributed by atoms with Gasteiger partial charge in [0.05, 0.1) is 6.42 Å². The SMILES string of the molecule is CCC1=CC2=C(C=I1)Cc1cccnc1NC(=O)C2. The minimum absolute atomic E-state index is 0.00267. The summed E-state index contributed by atoms with van der Waals surface area (Å²) in [5, 5.41) is 2.91. The van der Waals surface area contributed by atoms with E-state index in [4.69, 9.17) is 0 Å². The maximum Gasteiger partial charge on any atom is 0.229 e. The zero-order valence-electron chi connectivity index (χ0n) is 10.7. The molecule has 0 aliphatic carbocycles. The number of amides is 1. The molecule has 19 heavy (non-hydrogen) atoms. The van der Waals surface area contributed by atoms with Crippen LogP contribution >= 0.6 is 20.7 Å². The Labute approximate surface area is 122 Å². The molecule has 0 aromatic carbocycles. The fraction of sp³-hybridized carbons (Fsp3) is 0.267. The number of halogens is 1. The molecule has 0 radical (unpaired) electrons. The van der Waals surface area contributed by atoms with Crippen molar-refractivity contribution in [3.05, 3.63) is 44.7 Å². The van der Waals surface area contributed by atoms with Crippen molar-refractivity contribution in [2.45, 2.75) is 26.2 Å². The summed E-state index contributed by atoms with van der Waals surface area (Å²) in [5.41, 5.74) is 3.63. The summed E-state index contributed by atoms with van der Waals surface area (Å²) in [6, 6.07) is 3.97. The summed E-state index contributed by atoms with van der Waals surface area (Å²) >= 11 is 0.00267. The summed E-state index contributed by atoms with van der Waals surface area (Å²) < 4.78 is 3.89. The predicted octanol–water partition coefficient (Wildman–Crippen LogP) is 3.34. The van der Waals surface area contributed by atoms with Crippen LogP contribution in [-0.4, -0.2) is 14.9 Å². The van der Waals surface area contributed by atoms with Crippen LogP contribution in [0.4, 0.5) is 5.82 Å². The molecule has 0 fully saturated rings. The van der Waals surface area contributed by atoms with Crippen molar-refractivity contribution in [2.24, 2.45) is 0 Å². The van der Waals surface area contributed by atoms with Gasteiger partial charge >= 0.3 is 0 Å². The molecule has 0 bridgehead atoms. The normalized spacial score (nSPS) is 18.4. The van der Waals surface area contributed by atoms with E-state index in [1.807, 2.05) is 12.1 Å². The monoisotopic (exact) mass is 366 g/mol. The molecule has 0 saturated carbocycles. The second-order valence-electron chi connectivity index (χ2n) is 4.63. The molecule has 0 saturated heterocycles. The second-order valence-corrected chi connectivity index (χ2v) is 7.26. The lowest BCUT2D eigenvalue weighted by Gasteiger charge is -2.19. The highest BCUT2D eigenvalue weighted by Crippen LogP contribution is 2.32. The third-order valence-corrected chi connectivity index (χ3v) is 6.23. The molecule has 3 rings (SSSR count). The smallest absolute Gasteiger partial charge is 0.229 e. The highest BCUT2D eigenvalue weighted by molar-refractivity contribution is 14.2. The zero-order valence-corrected chi connectivity index (χ0v) is 12.9. The Hall–Kier alpha value is -1.30. The Morgan fingerprint density at radius 2 is 2.26 bits per heavy atom. The molecule has 98 valence electrons. The van der Waals surface area contributed by atoms with Gasteiger partial charge in [-0.05, 0) is 42.9 Å². The van der Waals surface area contributed by atoms with Crippen LogP contribution < -0.4 is 5.32 Å². The number of rotatable bonds is 1. The average molecular weight is 366 g/mol. The number of nitrogens with zero attached hydrogens (tertiary/aromatic N) is 1. The van der Waals surface area contributed by atoms with Gasteiger partial charge in [-0.15, -0.1) is 0 Å². The first kappa shape index (κ1) is 12.7. The van der Waals surface area contributed by atoms with Gasteiger partial charge in [0.15, 0.2) is 0 Å². The van der Waals surface area contributed by atoms with Crippen LogP contribution in [-0.2, 0) is 11.2 Å². The molecule has 3 nitrogen and oxygen atoms in total. The molecule has 2 aliphatic rings. The quantitative estimate of drug-likeness (QED) is 0.775. The predicted molar refractivity (Wildman–Crippen MR) is 86.7 cm³/mol. The molecule has 0 unspecified atom stereocenters. The van der Waals surface area contributed by atoms with Crippen LogP contribution in [0.5, 0.6) is 0 Å². The first-order valence-electron chi connectivity index (χ1n) is 6.39. The molecule has 1 aromatic rings. The van der Waals surface area contributed by atoms with Gasteiger partial charge in [0, 0.05) is 12.6 Å². The standard InChI is InChI=1S/C15H15IN2O/c1-2-13-7-11-8-14(19)18-15-10(4-3-5-17-15)6-12(11)9-16-13/h3-5,7,9H,2,6,8H2,1H3,(H,17,18,19). The molecule has 2 aliphatic heterocycles. The van der Waals surface area contributed by atoms with E-state index in [9.17, 15) is 4.79 Å². The summed E-state index contributed by atoms with van der Waals surface area (Å²) in [5.74, 6) is 0.753. The lowest BCUT2D eigenvalue weighted by atomic mass is 9.97. The van der Waals surface area contributed by atoms with Gasteiger partial charge in [-0.25, -0.2) is 4.98 Å². The number of fused-ring (bicyclic) bond motifs is 1. The van der Waals surface area contributed by atoms with Crippen molar-refractivity contribution in [3.8, 4) is 0 Å². The van der Waals surface area contributed by atoms with Crippen molar-refractivity contribution in [2.75, 3.05) is 5.32 Å². The molecule has 0 spiro atoms. The lowest BCUT2D eigenvalue weighted by Crippen LogP contribution is -2.18. The van der Waals surface area contributed by atoms with Crippen molar-refractivity contribution in [1.82, 2.24) is 4.98 Å². The van der Waals surface area contributed by atoms with E-state index < -0.39 is 0 Å². The van der Waals surface area contributed by atoms with Crippen LogP contribution in [0.3, 0.4) is 0 Å². The van der Waals surface area contributed by atoms with Crippen LogP contribution in [0.15, 0.2) is 39.1 Å². The summed E-state index contributed by atoms with van der Waals surface area (Å²) in [7, 11) is 0. The second kappa shape index (κ2) is 5.36. The Balaban J connectivity index is 2.05. The van der Waals surface area contributed by atoms with E-state index in [-0.39, 0.29) is 26.6 Å². The molecular weight excluding hydrogens is 351 g/mol. The average Bonchev–Trinajstić information content (AvgIpc) is 2.40. The van der Waals surface area contributed by atoms with Crippen molar-refractivity contribution < 1.29 is 4.79 Å². The third kappa shape index (κ3) is 2.68.